The molecule has 1 fully saturated rings. The number of aryl methyl sites for hydroxylation is 2. The van der Waals surface area contributed by atoms with E-state index in [9.17, 15) is 14.4 Å². The minimum absolute atomic E-state index is 0.134. The van der Waals surface area contributed by atoms with Crippen LogP contribution in [0.15, 0.2) is 52.3 Å². The number of nitrogens with zero attached hydrogens (tertiary/aromatic N) is 3. The summed E-state index contributed by atoms with van der Waals surface area (Å²) in [6.45, 7) is 8.61. The van der Waals surface area contributed by atoms with Gasteiger partial charge in [-0.15, -0.1) is 0 Å². The minimum Gasteiger partial charge on any atom is -0.463 e. The zero-order valence-electron chi connectivity index (χ0n) is 20.7. The van der Waals surface area contributed by atoms with Crippen molar-refractivity contribution in [2.45, 2.75) is 26.8 Å². The topological polar surface area (TPSA) is 95.3 Å². The standard InChI is InChI=1S/C26H32N4O5/c1-5-34-25(32)22-20(16-29-10-12-30(13-11-29)24(31)21-7-6-14-35-21)28(4)26(33)27-23(22)19-15-17(2)8-9-18(19)3/h6-9,14-15,23H,5,10-13,16H2,1-4H3,(H,27,33)/t23-/m0/s1. The molecular formula is C26H32N4O5. The lowest BCUT2D eigenvalue weighted by Gasteiger charge is -2.39. The number of likely N-dealkylation sites (N-methyl/N-ethyl adjacent to an activating group) is 1. The van der Waals surface area contributed by atoms with Crippen LogP contribution in [0.5, 0.6) is 0 Å². The van der Waals surface area contributed by atoms with Crippen LogP contribution in [0.4, 0.5) is 4.79 Å². The number of hydrogen-bond acceptors (Lipinski definition) is 6. The van der Waals surface area contributed by atoms with Crippen molar-refractivity contribution in [1.29, 1.82) is 0 Å². The third-order valence-corrected chi connectivity index (χ3v) is 6.58. The molecule has 35 heavy (non-hydrogen) atoms. The molecule has 0 bridgehead atoms. The van der Waals surface area contributed by atoms with E-state index in [4.69, 9.17) is 9.15 Å². The van der Waals surface area contributed by atoms with Crippen LogP contribution in [0, 0.1) is 13.8 Å². The van der Waals surface area contributed by atoms with E-state index in [2.05, 4.69) is 10.2 Å². The highest BCUT2D eigenvalue weighted by Gasteiger charge is 2.38. The minimum atomic E-state index is -0.602. The molecule has 9 nitrogen and oxygen atoms in total. The predicted molar refractivity (Wildman–Crippen MR) is 130 cm³/mol. The Labute approximate surface area is 205 Å². The van der Waals surface area contributed by atoms with Crippen molar-refractivity contribution in [2.75, 3.05) is 46.4 Å². The molecule has 1 atom stereocenters. The zero-order valence-corrected chi connectivity index (χ0v) is 20.7. The number of hydrogen-bond donors (Lipinski definition) is 1. The Morgan fingerprint density at radius 1 is 1.14 bits per heavy atom. The maximum Gasteiger partial charge on any atom is 0.338 e. The number of piperazine rings is 1. The van der Waals surface area contributed by atoms with Crippen molar-refractivity contribution >= 4 is 17.9 Å². The van der Waals surface area contributed by atoms with Crippen molar-refractivity contribution in [1.82, 2.24) is 20.0 Å². The van der Waals surface area contributed by atoms with E-state index in [-0.39, 0.29) is 18.5 Å². The summed E-state index contributed by atoms with van der Waals surface area (Å²) in [7, 11) is 1.67. The van der Waals surface area contributed by atoms with E-state index in [0.29, 0.717) is 49.8 Å². The van der Waals surface area contributed by atoms with Crippen molar-refractivity contribution < 1.29 is 23.5 Å². The van der Waals surface area contributed by atoms with Crippen LogP contribution < -0.4 is 5.32 Å². The number of nitrogens with one attached hydrogen (secondary N) is 1. The van der Waals surface area contributed by atoms with Gasteiger partial charge in [-0.25, -0.2) is 9.59 Å². The number of carbonyl (C=O) groups is 3. The molecule has 0 aliphatic carbocycles. The molecule has 1 aromatic carbocycles. The first kappa shape index (κ1) is 24.5. The molecule has 4 rings (SSSR count). The Hall–Kier alpha value is -3.59. The van der Waals surface area contributed by atoms with Crippen LogP contribution >= 0.6 is 0 Å². The molecule has 2 aliphatic rings. The van der Waals surface area contributed by atoms with Crippen molar-refractivity contribution in [2.24, 2.45) is 0 Å². The van der Waals surface area contributed by atoms with Crippen molar-refractivity contribution in [3.63, 3.8) is 0 Å². The SMILES string of the molecule is CCOC(=O)C1=C(CN2CCN(C(=O)c3ccco3)CC2)N(C)C(=O)N[C@H]1c1cc(C)ccc1C. The van der Waals surface area contributed by atoms with Gasteiger partial charge < -0.3 is 19.4 Å². The molecule has 2 aliphatic heterocycles. The van der Waals surface area contributed by atoms with E-state index in [1.165, 1.54) is 11.2 Å². The summed E-state index contributed by atoms with van der Waals surface area (Å²) in [4.78, 5) is 44.2. The molecule has 3 amide bonds. The fourth-order valence-electron chi connectivity index (χ4n) is 4.58. The Balaban J connectivity index is 1.61. The lowest BCUT2D eigenvalue weighted by molar-refractivity contribution is -0.139. The highest BCUT2D eigenvalue weighted by atomic mass is 16.5. The van der Waals surface area contributed by atoms with Crippen LogP contribution in [0.3, 0.4) is 0 Å². The summed E-state index contributed by atoms with van der Waals surface area (Å²) in [6, 6.07) is 8.49. The third-order valence-electron chi connectivity index (χ3n) is 6.58. The van der Waals surface area contributed by atoms with Gasteiger partial charge in [0.05, 0.1) is 24.5 Å². The second-order valence-electron chi connectivity index (χ2n) is 8.93. The van der Waals surface area contributed by atoms with Crippen LogP contribution in [0.1, 0.15) is 40.2 Å². The maximum atomic E-state index is 13.2. The van der Waals surface area contributed by atoms with E-state index >= 15 is 0 Å². The molecule has 0 unspecified atom stereocenters. The lowest BCUT2D eigenvalue weighted by atomic mass is 9.90. The fraction of sp³-hybridized carbons (Fsp3) is 0.423. The van der Waals surface area contributed by atoms with Gasteiger partial charge >= 0.3 is 12.0 Å². The Bertz CT molecular complexity index is 1130. The zero-order chi connectivity index (χ0) is 25.1. The summed E-state index contributed by atoms with van der Waals surface area (Å²) in [5, 5.41) is 2.99. The lowest BCUT2D eigenvalue weighted by Crippen LogP contribution is -2.53. The van der Waals surface area contributed by atoms with Crippen LogP contribution in [0.25, 0.3) is 0 Å². The number of ether oxygens (including phenoxy) is 1. The number of rotatable bonds is 6. The van der Waals surface area contributed by atoms with E-state index in [1.54, 1.807) is 31.0 Å². The number of esters is 1. The molecule has 2 aromatic rings. The van der Waals surface area contributed by atoms with Crippen LogP contribution in [0.2, 0.25) is 0 Å². The molecule has 9 heteroatoms. The monoisotopic (exact) mass is 480 g/mol. The second kappa shape index (κ2) is 10.4. The predicted octanol–water partition coefficient (Wildman–Crippen LogP) is 2.87. The average molecular weight is 481 g/mol. The second-order valence-corrected chi connectivity index (χ2v) is 8.93. The van der Waals surface area contributed by atoms with Gasteiger partial charge in [-0.3, -0.25) is 14.6 Å². The fourth-order valence-corrected chi connectivity index (χ4v) is 4.58. The molecule has 1 N–H and O–H groups in total. The van der Waals surface area contributed by atoms with Crippen LogP contribution in [-0.2, 0) is 9.53 Å². The Morgan fingerprint density at radius 2 is 1.89 bits per heavy atom. The summed E-state index contributed by atoms with van der Waals surface area (Å²) in [5.74, 6) is -0.247. The Kier molecular flexibility index (Phi) is 7.25. The number of carbonyl (C=O) groups excluding carboxylic acids is 3. The van der Waals surface area contributed by atoms with Gasteiger partial charge in [0.1, 0.15) is 0 Å². The molecule has 0 spiro atoms. The van der Waals surface area contributed by atoms with E-state index < -0.39 is 12.0 Å². The van der Waals surface area contributed by atoms with Gasteiger partial charge in [0.15, 0.2) is 5.76 Å². The van der Waals surface area contributed by atoms with Gasteiger partial charge in [-0.2, -0.15) is 0 Å². The van der Waals surface area contributed by atoms with Gasteiger partial charge in [0.2, 0.25) is 0 Å². The van der Waals surface area contributed by atoms with Crippen molar-refractivity contribution in [3.05, 3.63) is 70.3 Å². The first-order valence-corrected chi connectivity index (χ1v) is 11.9. The molecular weight excluding hydrogens is 448 g/mol. The highest BCUT2D eigenvalue weighted by molar-refractivity contribution is 5.95. The number of amides is 3. The summed E-state index contributed by atoms with van der Waals surface area (Å²) < 4.78 is 10.7. The average Bonchev–Trinajstić information content (AvgIpc) is 3.38. The molecule has 0 radical (unpaired) electrons. The third kappa shape index (κ3) is 5.09. The molecule has 3 heterocycles. The number of benzene rings is 1. The molecule has 1 aromatic heterocycles. The van der Waals surface area contributed by atoms with Gasteiger partial charge in [-0.05, 0) is 44.0 Å². The Morgan fingerprint density at radius 3 is 2.54 bits per heavy atom. The number of urea groups is 1. The highest BCUT2D eigenvalue weighted by Crippen LogP contribution is 2.33. The van der Waals surface area contributed by atoms with E-state index in [0.717, 1.165) is 16.7 Å². The van der Waals surface area contributed by atoms with Crippen molar-refractivity contribution in [3.8, 4) is 0 Å². The smallest absolute Gasteiger partial charge is 0.338 e. The van der Waals surface area contributed by atoms with Gasteiger partial charge in [0, 0.05) is 45.5 Å². The summed E-state index contributed by atoms with van der Waals surface area (Å²) in [6.07, 6.45) is 1.49. The first-order chi connectivity index (χ1) is 16.8. The van der Waals surface area contributed by atoms with E-state index in [1.807, 2.05) is 32.0 Å². The maximum absolute atomic E-state index is 13.2. The summed E-state index contributed by atoms with van der Waals surface area (Å²) >= 11 is 0. The quantitative estimate of drug-likeness (QED) is 0.639. The molecule has 0 saturated carbocycles. The normalized spacial score (nSPS) is 19.1. The van der Waals surface area contributed by atoms with Gasteiger partial charge in [-0.1, -0.05) is 23.8 Å². The molecule has 1 saturated heterocycles. The van der Waals surface area contributed by atoms with Crippen LogP contribution in [-0.4, -0.2) is 79.0 Å². The summed E-state index contributed by atoms with van der Waals surface area (Å²) in [5.41, 5.74) is 3.96. The first-order valence-electron chi connectivity index (χ1n) is 11.9. The molecule has 186 valence electrons. The largest absolute Gasteiger partial charge is 0.463 e. The van der Waals surface area contributed by atoms with Gasteiger partial charge in [0.25, 0.3) is 5.91 Å². The number of furan rings is 1.